The molecule has 2 heterocycles. The van der Waals surface area contributed by atoms with Crippen molar-refractivity contribution < 1.29 is 9.59 Å². The van der Waals surface area contributed by atoms with Crippen LogP contribution in [-0.2, 0) is 11.3 Å². The largest absolute Gasteiger partial charge is 0.382 e. The van der Waals surface area contributed by atoms with Crippen molar-refractivity contribution in [2.24, 2.45) is 5.22 Å². The van der Waals surface area contributed by atoms with Gasteiger partial charge in [0.1, 0.15) is 18.7 Å². The van der Waals surface area contributed by atoms with Crippen molar-refractivity contribution in [2.75, 3.05) is 44.4 Å². The molecule has 2 aromatic heterocycles. The Morgan fingerprint density at radius 2 is 1.94 bits per heavy atom. The first-order chi connectivity index (χ1) is 17.2. The number of benzene rings is 1. The monoisotopic (exact) mass is 491 g/mol. The van der Waals surface area contributed by atoms with Gasteiger partial charge in [-0.2, -0.15) is 5.53 Å². The summed E-state index contributed by atoms with van der Waals surface area (Å²) in [5.74, 6) is -0.0156. The fourth-order valence-electron chi connectivity index (χ4n) is 3.52. The molecule has 188 valence electrons. The highest BCUT2D eigenvalue weighted by Crippen LogP contribution is 2.25. The van der Waals surface area contributed by atoms with Gasteiger partial charge in [0, 0.05) is 57.1 Å². The molecule has 0 aliphatic rings. The van der Waals surface area contributed by atoms with Gasteiger partial charge in [0.25, 0.3) is 5.91 Å². The number of nitrogens with one attached hydrogen (secondary N) is 3. The number of hydrogen-bond donors (Lipinski definition) is 4. The molecule has 13 heteroatoms. The van der Waals surface area contributed by atoms with E-state index in [1.165, 1.54) is 17.3 Å². The molecule has 2 amide bonds. The minimum absolute atomic E-state index is 0.0482. The average molecular weight is 492 g/mol. The van der Waals surface area contributed by atoms with Gasteiger partial charge in [0.2, 0.25) is 5.91 Å². The molecule has 0 spiro atoms. The molecule has 13 nitrogen and oxygen atoms in total. The van der Waals surface area contributed by atoms with E-state index in [4.69, 9.17) is 21.7 Å². The number of rotatable bonds is 11. The van der Waals surface area contributed by atoms with Crippen LogP contribution in [0.15, 0.2) is 41.9 Å². The number of likely N-dealkylation sites (N-methyl/N-ethyl adjacent to an activating group) is 2. The minimum Gasteiger partial charge on any atom is -0.382 e. The summed E-state index contributed by atoms with van der Waals surface area (Å²) in [6.45, 7) is 2.79. The maximum atomic E-state index is 12.7. The van der Waals surface area contributed by atoms with Crippen LogP contribution in [0.3, 0.4) is 0 Å². The third-order valence-electron chi connectivity index (χ3n) is 5.62. The zero-order valence-electron chi connectivity index (χ0n) is 20.4. The summed E-state index contributed by atoms with van der Waals surface area (Å²) in [6.07, 6.45) is 3.64. The van der Waals surface area contributed by atoms with Gasteiger partial charge < -0.3 is 20.9 Å². The van der Waals surface area contributed by atoms with Crippen LogP contribution >= 0.6 is 0 Å². The lowest BCUT2D eigenvalue weighted by Crippen LogP contribution is -2.40. The van der Waals surface area contributed by atoms with Crippen molar-refractivity contribution in [1.29, 1.82) is 10.9 Å². The van der Waals surface area contributed by atoms with Crippen LogP contribution in [0.25, 0.3) is 10.9 Å². The van der Waals surface area contributed by atoms with Gasteiger partial charge in [0.05, 0.1) is 5.52 Å². The SMILES string of the molecule is Cc1cccc2cc(CNC(=O)c3nccnc3N)c(N(C)CCN(C)C(=O)CN(C=N)N=N)nc12. The van der Waals surface area contributed by atoms with Crippen LogP contribution in [-0.4, -0.2) is 76.7 Å². The quantitative estimate of drug-likeness (QED) is 0.135. The lowest BCUT2D eigenvalue weighted by Gasteiger charge is -2.26. The number of nitrogens with zero attached hydrogens (tertiary/aromatic N) is 7. The molecule has 0 aliphatic carbocycles. The fraction of sp³-hybridized carbons (Fsp3) is 0.304. The minimum atomic E-state index is -0.445. The summed E-state index contributed by atoms with van der Waals surface area (Å²) >= 11 is 0. The second-order valence-corrected chi connectivity index (χ2v) is 8.15. The molecule has 0 bridgehead atoms. The number of anilines is 2. The van der Waals surface area contributed by atoms with Crippen molar-refractivity contribution in [3.63, 3.8) is 0 Å². The van der Waals surface area contributed by atoms with E-state index in [9.17, 15) is 9.59 Å². The molecular formula is C23H29N11O2. The number of amides is 2. The Morgan fingerprint density at radius 1 is 1.19 bits per heavy atom. The van der Waals surface area contributed by atoms with Crippen LogP contribution in [0.4, 0.5) is 11.6 Å². The molecule has 0 radical (unpaired) electrons. The average Bonchev–Trinajstić information content (AvgIpc) is 2.88. The maximum Gasteiger partial charge on any atom is 0.273 e. The summed E-state index contributed by atoms with van der Waals surface area (Å²) < 4.78 is 0. The number of nitrogen functional groups attached to an aromatic ring is 1. The molecule has 0 saturated heterocycles. The number of nitrogens with two attached hydrogens (primary N) is 1. The fourth-order valence-corrected chi connectivity index (χ4v) is 3.52. The number of aryl methyl sites for hydroxylation is 1. The molecule has 0 fully saturated rings. The zero-order chi connectivity index (χ0) is 26.2. The normalized spacial score (nSPS) is 10.5. The maximum absolute atomic E-state index is 12.7. The summed E-state index contributed by atoms with van der Waals surface area (Å²) in [5, 5.41) is 15.0. The predicted molar refractivity (Wildman–Crippen MR) is 136 cm³/mol. The van der Waals surface area contributed by atoms with E-state index in [0.29, 0.717) is 18.9 Å². The van der Waals surface area contributed by atoms with Gasteiger partial charge in [-0.15, -0.1) is 0 Å². The van der Waals surface area contributed by atoms with Crippen LogP contribution in [0.2, 0.25) is 0 Å². The van der Waals surface area contributed by atoms with E-state index in [1.807, 2.05) is 43.1 Å². The second-order valence-electron chi connectivity index (χ2n) is 8.15. The van der Waals surface area contributed by atoms with Crippen molar-refractivity contribution >= 4 is 40.7 Å². The topological polar surface area (TPSA) is 181 Å². The van der Waals surface area contributed by atoms with Gasteiger partial charge in [-0.05, 0) is 18.6 Å². The molecule has 0 saturated carbocycles. The van der Waals surface area contributed by atoms with Crippen molar-refractivity contribution in [1.82, 2.24) is 30.2 Å². The van der Waals surface area contributed by atoms with Gasteiger partial charge in [-0.25, -0.2) is 20.0 Å². The Kier molecular flexibility index (Phi) is 8.39. The van der Waals surface area contributed by atoms with Gasteiger partial charge in [-0.1, -0.05) is 23.4 Å². The van der Waals surface area contributed by atoms with Gasteiger partial charge >= 0.3 is 0 Å². The highest BCUT2D eigenvalue weighted by atomic mass is 16.2. The first-order valence-electron chi connectivity index (χ1n) is 11.1. The van der Waals surface area contributed by atoms with E-state index < -0.39 is 5.91 Å². The Labute approximate surface area is 208 Å². The lowest BCUT2D eigenvalue weighted by molar-refractivity contribution is -0.130. The number of fused-ring (bicyclic) bond motifs is 1. The van der Waals surface area contributed by atoms with Crippen LogP contribution < -0.4 is 16.0 Å². The Bertz CT molecular complexity index is 1270. The van der Waals surface area contributed by atoms with Crippen molar-refractivity contribution in [2.45, 2.75) is 13.5 Å². The summed E-state index contributed by atoms with van der Waals surface area (Å²) in [4.78, 5) is 41.2. The summed E-state index contributed by atoms with van der Waals surface area (Å²) in [7, 11) is 3.51. The number of carbonyl (C=O) groups excluding carboxylic acids is 2. The van der Waals surface area contributed by atoms with Gasteiger partial charge in [-0.3, -0.25) is 15.0 Å². The smallest absolute Gasteiger partial charge is 0.273 e. The third kappa shape index (κ3) is 6.05. The van der Waals surface area contributed by atoms with E-state index in [-0.39, 0.29) is 30.5 Å². The predicted octanol–water partition coefficient (Wildman–Crippen LogP) is 1.60. The highest BCUT2D eigenvalue weighted by Gasteiger charge is 2.18. The van der Waals surface area contributed by atoms with E-state index in [1.54, 1.807) is 7.05 Å². The van der Waals surface area contributed by atoms with Crippen molar-refractivity contribution in [3.05, 3.63) is 53.5 Å². The van der Waals surface area contributed by atoms with Crippen LogP contribution in [0, 0.1) is 17.9 Å². The van der Waals surface area contributed by atoms with Crippen LogP contribution in [0.1, 0.15) is 21.6 Å². The first-order valence-corrected chi connectivity index (χ1v) is 11.1. The Hall–Kier alpha value is -4.68. The first kappa shape index (κ1) is 25.9. The number of para-hydroxylation sites is 1. The standard InChI is InChI=1S/C23H29N11O2/c1-15-5-4-6-16-11-17(12-29-23(36)20-21(25)28-8-7-27-20)22(30-19(15)16)33(3)10-9-32(2)18(35)13-34(14-24)31-26/h4-8,11,14,24,26H,9-10,12-13H2,1-3H3,(H2,25,28)(H,29,36). The highest BCUT2D eigenvalue weighted by molar-refractivity contribution is 5.96. The Balaban J connectivity index is 1.80. The summed E-state index contributed by atoms with van der Waals surface area (Å²) in [5.41, 5.74) is 15.5. The molecular weight excluding hydrogens is 462 g/mol. The van der Waals surface area contributed by atoms with Crippen LogP contribution in [0.5, 0.6) is 0 Å². The number of aromatic nitrogens is 3. The zero-order valence-corrected chi connectivity index (χ0v) is 20.4. The van der Waals surface area contributed by atoms with E-state index in [2.05, 4.69) is 20.5 Å². The third-order valence-corrected chi connectivity index (χ3v) is 5.62. The molecule has 3 aromatic rings. The molecule has 0 aliphatic heterocycles. The summed E-state index contributed by atoms with van der Waals surface area (Å²) in [6, 6.07) is 7.88. The number of carbonyl (C=O) groups is 2. The second kappa shape index (κ2) is 11.6. The van der Waals surface area contributed by atoms with E-state index in [0.717, 1.165) is 33.4 Å². The Morgan fingerprint density at radius 3 is 2.64 bits per heavy atom. The number of pyridine rings is 1. The molecule has 3 rings (SSSR count). The molecule has 1 aromatic carbocycles. The van der Waals surface area contributed by atoms with E-state index >= 15 is 0 Å². The molecule has 0 unspecified atom stereocenters. The van der Waals surface area contributed by atoms with Crippen molar-refractivity contribution in [3.8, 4) is 0 Å². The number of hydrogen-bond acceptors (Lipinski definition) is 10. The van der Waals surface area contributed by atoms with Gasteiger partial charge in [0.15, 0.2) is 11.5 Å². The molecule has 36 heavy (non-hydrogen) atoms. The molecule has 0 atom stereocenters. The molecule has 5 N–H and O–H groups in total. The lowest BCUT2D eigenvalue weighted by atomic mass is 10.1.